The number of carbonyl (C=O) groups excluding carboxylic acids is 1. The first kappa shape index (κ1) is 18.9. The van der Waals surface area contributed by atoms with Crippen LogP contribution in [0.15, 0.2) is 22.7 Å². The molecule has 1 aromatic carbocycles. The number of hydrogen-bond acceptors (Lipinski definition) is 5. The Morgan fingerprint density at radius 3 is 2.65 bits per heavy atom. The summed E-state index contributed by atoms with van der Waals surface area (Å²) in [5.74, 6) is 0.00877. The summed E-state index contributed by atoms with van der Waals surface area (Å²) in [7, 11) is 0. The van der Waals surface area contributed by atoms with Crippen LogP contribution in [0.2, 0.25) is 0 Å². The van der Waals surface area contributed by atoms with Crippen LogP contribution in [0, 0.1) is 6.92 Å². The van der Waals surface area contributed by atoms with Gasteiger partial charge in [-0.3, -0.25) is 4.79 Å². The summed E-state index contributed by atoms with van der Waals surface area (Å²) < 4.78 is 5.30. The molecule has 1 saturated heterocycles. The molecule has 0 atom stereocenters. The van der Waals surface area contributed by atoms with Crippen molar-refractivity contribution in [1.29, 1.82) is 0 Å². The second-order valence-corrected chi connectivity index (χ2v) is 7.19. The van der Waals surface area contributed by atoms with Crippen LogP contribution in [-0.2, 0) is 11.2 Å². The quantitative estimate of drug-likeness (QED) is 0.733. The van der Waals surface area contributed by atoms with Gasteiger partial charge < -0.3 is 19.6 Å². The molecule has 26 heavy (non-hydrogen) atoms. The SMILES string of the molecule is CCCN1CCN(CCCNC(=O)Cc2noc3ccc(C)cc23)CC1. The molecule has 3 rings (SSSR count). The molecule has 6 nitrogen and oxygen atoms in total. The van der Waals surface area contributed by atoms with E-state index in [4.69, 9.17) is 4.52 Å². The number of fused-ring (bicyclic) bond motifs is 1. The van der Waals surface area contributed by atoms with E-state index >= 15 is 0 Å². The Morgan fingerprint density at radius 2 is 1.92 bits per heavy atom. The zero-order valence-electron chi connectivity index (χ0n) is 16.0. The van der Waals surface area contributed by atoms with Crippen molar-refractivity contribution in [3.05, 3.63) is 29.5 Å². The standard InChI is InChI=1S/C20H30N4O2/c1-3-8-23-10-12-24(13-11-23)9-4-7-21-20(25)15-18-17-14-16(2)5-6-19(17)26-22-18/h5-6,14H,3-4,7-13,15H2,1-2H3,(H,21,25). The number of nitrogens with one attached hydrogen (secondary N) is 1. The molecule has 1 N–H and O–H groups in total. The first-order chi connectivity index (χ1) is 12.7. The van der Waals surface area contributed by atoms with Gasteiger partial charge in [0.05, 0.1) is 6.42 Å². The van der Waals surface area contributed by atoms with E-state index in [9.17, 15) is 4.79 Å². The minimum atomic E-state index is 0.00877. The summed E-state index contributed by atoms with van der Waals surface area (Å²) in [6.45, 7) is 11.8. The monoisotopic (exact) mass is 358 g/mol. The topological polar surface area (TPSA) is 61.6 Å². The Balaban J connectivity index is 1.36. The largest absolute Gasteiger partial charge is 0.356 e. The van der Waals surface area contributed by atoms with E-state index in [1.165, 1.54) is 26.1 Å². The molecule has 142 valence electrons. The van der Waals surface area contributed by atoms with E-state index in [0.29, 0.717) is 12.2 Å². The lowest BCUT2D eigenvalue weighted by Gasteiger charge is -2.34. The molecule has 0 spiro atoms. The Morgan fingerprint density at radius 1 is 1.19 bits per heavy atom. The Bertz CT molecular complexity index is 720. The molecule has 2 aromatic rings. The molecule has 2 heterocycles. The number of aryl methyl sites for hydroxylation is 1. The van der Waals surface area contributed by atoms with Gasteiger partial charge >= 0.3 is 0 Å². The molecule has 0 aliphatic carbocycles. The van der Waals surface area contributed by atoms with Crippen molar-refractivity contribution in [3.63, 3.8) is 0 Å². The Hall–Kier alpha value is -1.92. The summed E-state index contributed by atoms with van der Waals surface area (Å²) in [4.78, 5) is 17.2. The van der Waals surface area contributed by atoms with Gasteiger partial charge in [0.15, 0.2) is 5.58 Å². The van der Waals surface area contributed by atoms with Crippen LogP contribution in [0.1, 0.15) is 31.0 Å². The molecule has 0 saturated carbocycles. The molecule has 0 radical (unpaired) electrons. The van der Waals surface area contributed by atoms with Gasteiger partial charge in [-0.1, -0.05) is 23.7 Å². The van der Waals surface area contributed by atoms with Crippen LogP contribution < -0.4 is 5.32 Å². The lowest BCUT2D eigenvalue weighted by Crippen LogP contribution is -2.47. The maximum atomic E-state index is 12.2. The summed E-state index contributed by atoms with van der Waals surface area (Å²) in [6.07, 6.45) is 2.48. The number of hydrogen-bond donors (Lipinski definition) is 1. The van der Waals surface area contributed by atoms with Crippen LogP contribution in [0.3, 0.4) is 0 Å². The second-order valence-electron chi connectivity index (χ2n) is 7.19. The zero-order chi connectivity index (χ0) is 18.4. The van der Waals surface area contributed by atoms with Crippen LogP contribution in [0.4, 0.5) is 0 Å². The van der Waals surface area contributed by atoms with Gasteiger partial charge in [-0.15, -0.1) is 0 Å². The van der Waals surface area contributed by atoms with E-state index in [1.54, 1.807) is 0 Å². The molecular formula is C20H30N4O2. The maximum Gasteiger partial charge on any atom is 0.226 e. The fraction of sp³-hybridized carbons (Fsp3) is 0.600. The number of benzene rings is 1. The fourth-order valence-corrected chi connectivity index (χ4v) is 3.53. The normalized spacial score (nSPS) is 16.2. The van der Waals surface area contributed by atoms with Crippen molar-refractivity contribution in [2.75, 3.05) is 45.8 Å². The van der Waals surface area contributed by atoms with Gasteiger partial charge in [-0.05, 0) is 45.0 Å². The minimum Gasteiger partial charge on any atom is -0.356 e. The van der Waals surface area contributed by atoms with Gasteiger partial charge in [0.2, 0.25) is 5.91 Å². The third kappa shape index (κ3) is 5.05. The third-order valence-electron chi connectivity index (χ3n) is 5.01. The van der Waals surface area contributed by atoms with E-state index in [-0.39, 0.29) is 12.3 Å². The molecule has 0 unspecified atom stereocenters. The number of aromatic nitrogens is 1. The molecule has 1 aliphatic heterocycles. The molecule has 1 amide bonds. The molecule has 1 aromatic heterocycles. The zero-order valence-corrected chi connectivity index (χ0v) is 16.0. The highest BCUT2D eigenvalue weighted by atomic mass is 16.5. The van der Waals surface area contributed by atoms with Crippen molar-refractivity contribution >= 4 is 16.9 Å². The first-order valence-electron chi connectivity index (χ1n) is 9.72. The fourth-order valence-electron chi connectivity index (χ4n) is 3.53. The van der Waals surface area contributed by atoms with Crippen LogP contribution in [0.25, 0.3) is 11.0 Å². The highest BCUT2D eigenvalue weighted by Gasteiger charge is 2.16. The maximum absolute atomic E-state index is 12.2. The highest BCUT2D eigenvalue weighted by Crippen LogP contribution is 2.20. The lowest BCUT2D eigenvalue weighted by molar-refractivity contribution is -0.120. The van der Waals surface area contributed by atoms with Crippen LogP contribution in [0.5, 0.6) is 0 Å². The molecular weight excluding hydrogens is 328 g/mol. The van der Waals surface area contributed by atoms with Gasteiger partial charge in [0.1, 0.15) is 5.69 Å². The molecule has 1 fully saturated rings. The van der Waals surface area contributed by atoms with E-state index in [0.717, 1.165) is 42.6 Å². The molecule has 1 aliphatic rings. The van der Waals surface area contributed by atoms with Crippen molar-refractivity contribution in [2.24, 2.45) is 0 Å². The van der Waals surface area contributed by atoms with Gasteiger partial charge in [-0.25, -0.2) is 0 Å². The Kier molecular flexibility index (Phi) is 6.63. The predicted molar refractivity (Wildman–Crippen MR) is 103 cm³/mol. The van der Waals surface area contributed by atoms with Gasteiger partial charge in [0, 0.05) is 38.1 Å². The van der Waals surface area contributed by atoms with Crippen molar-refractivity contribution < 1.29 is 9.32 Å². The van der Waals surface area contributed by atoms with Crippen molar-refractivity contribution in [1.82, 2.24) is 20.3 Å². The smallest absolute Gasteiger partial charge is 0.226 e. The number of nitrogens with zero attached hydrogens (tertiary/aromatic N) is 3. The third-order valence-corrected chi connectivity index (χ3v) is 5.01. The predicted octanol–water partition coefficient (Wildman–Crippen LogP) is 2.21. The number of rotatable bonds is 8. The minimum absolute atomic E-state index is 0.00877. The highest BCUT2D eigenvalue weighted by molar-refractivity contribution is 5.86. The van der Waals surface area contributed by atoms with E-state index in [1.807, 2.05) is 25.1 Å². The summed E-state index contributed by atoms with van der Waals surface area (Å²) in [5.41, 5.74) is 2.59. The summed E-state index contributed by atoms with van der Waals surface area (Å²) >= 11 is 0. The average molecular weight is 358 g/mol. The van der Waals surface area contributed by atoms with Crippen LogP contribution in [-0.4, -0.2) is 66.7 Å². The van der Waals surface area contributed by atoms with Crippen LogP contribution >= 0.6 is 0 Å². The number of carbonyl (C=O) groups is 1. The average Bonchev–Trinajstić information content (AvgIpc) is 3.02. The van der Waals surface area contributed by atoms with E-state index < -0.39 is 0 Å². The summed E-state index contributed by atoms with van der Waals surface area (Å²) in [6, 6.07) is 5.91. The summed E-state index contributed by atoms with van der Waals surface area (Å²) in [5, 5.41) is 8.00. The molecule has 0 bridgehead atoms. The van der Waals surface area contributed by atoms with Crippen molar-refractivity contribution in [3.8, 4) is 0 Å². The molecule has 6 heteroatoms. The second kappa shape index (κ2) is 9.14. The Labute approximate surface area is 155 Å². The number of piperazine rings is 1. The first-order valence-corrected chi connectivity index (χ1v) is 9.72. The van der Waals surface area contributed by atoms with E-state index in [2.05, 4.69) is 27.2 Å². The number of amides is 1. The van der Waals surface area contributed by atoms with Gasteiger partial charge in [0.25, 0.3) is 0 Å². The van der Waals surface area contributed by atoms with Gasteiger partial charge in [-0.2, -0.15) is 0 Å². The van der Waals surface area contributed by atoms with Crippen molar-refractivity contribution in [2.45, 2.75) is 33.1 Å². The lowest BCUT2D eigenvalue weighted by atomic mass is 10.1.